The second-order valence-corrected chi connectivity index (χ2v) is 5.50. The van der Waals surface area contributed by atoms with Gasteiger partial charge in [0.15, 0.2) is 0 Å². The Hall–Kier alpha value is -1.91. The summed E-state index contributed by atoms with van der Waals surface area (Å²) < 4.78 is 13.3. The maximum Gasteiger partial charge on any atom is 0.237 e. The third-order valence-electron chi connectivity index (χ3n) is 4.11. The lowest BCUT2D eigenvalue weighted by molar-refractivity contribution is -0.123. The molecule has 1 aliphatic heterocycles. The number of carbonyl (C=O) groups is 2. The average molecular weight is 262 g/mol. The average Bonchev–Trinajstić information content (AvgIpc) is 2.84. The summed E-state index contributed by atoms with van der Waals surface area (Å²) in [5.41, 5.74) is 6.18. The van der Waals surface area contributed by atoms with E-state index in [0.29, 0.717) is 5.92 Å². The molecule has 3 rings (SSSR count). The first-order chi connectivity index (χ1) is 8.99. The number of nitrogens with two attached hydrogens (primary N) is 1. The van der Waals surface area contributed by atoms with Crippen LogP contribution in [0.25, 0.3) is 0 Å². The first-order valence-electron chi connectivity index (χ1n) is 6.42. The Labute approximate surface area is 110 Å². The molecular weight excluding hydrogens is 247 g/mol. The van der Waals surface area contributed by atoms with E-state index in [0.717, 1.165) is 23.8 Å². The first-order valence-corrected chi connectivity index (χ1v) is 6.42. The van der Waals surface area contributed by atoms with E-state index in [4.69, 9.17) is 5.73 Å². The Morgan fingerprint density at radius 3 is 2.37 bits per heavy atom. The van der Waals surface area contributed by atoms with Crippen molar-refractivity contribution < 1.29 is 14.0 Å². The first kappa shape index (κ1) is 12.1. The molecular formula is C14H15FN2O2. The maximum atomic E-state index is 13.3. The summed E-state index contributed by atoms with van der Waals surface area (Å²) in [6.07, 6.45) is 1.45. The topological polar surface area (TPSA) is 63.4 Å². The smallest absolute Gasteiger partial charge is 0.237 e. The molecule has 5 heteroatoms. The van der Waals surface area contributed by atoms with Gasteiger partial charge in [-0.3, -0.25) is 9.59 Å². The molecule has 2 aliphatic rings. The van der Waals surface area contributed by atoms with Gasteiger partial charge in [0.25, 0.3) is 0 Å². The fourth-order valence-electron chi connectivity index (χ4n) is 3.23. The van der Waals surface area contributed by atoms with Crippen molar-refractivity contribution in [3.05, 3.63) is 24.0 Å². The number of imide groups is 1. The van der Waals surface area contributed by atoms with Crippen molar-refractivity contribution in [2.75, 3.05) is 10.6 Å². The van der Waals surface area contributed by atoms with Gasteiger partial charge in [-0.1, -0.05) is 6.92 Å². The van der Waals surface area contributed by atoms with Gasteiger partial charge in [-0.15, -0.1) is 0 Å². The Balaban J connectivity index is 2.01. The van der Waals surface area contributed by atoms with Crippen LogP contribution < -0.4 is 10.6 Å². The second kappa shape index (κ2) is 4.05. The van der Waals surface area contributed by atoms with Crippen molar-refractivity contribution in [3.8, 4) is 0 Å². The van der Waals surface area contributed by atoms with E-state index in [-0.39, 0.29) is 35.0 Å². The molecule has 2 amide bonds. The number of carbonyl (C=O) groups excluding carboxylic acids is 2. The minimum Gasteiger partial charge on any atom is -0.397 e. The summed E-state index contributed by atoms with van der Waals surface area (Å²) in [4.78, 5) is 25.7. The van der Waals surface area contributed by atoms with Crippen LogP contribution in [0.3, 0.4) is 0 Å². The molecule has 1 saturated carbocycles. The fourth-order valence-corrected chi connectivity index (χ4v) is 3.23. The molecule has 2 fully saturated rings. The highest BCUT2D eigenvalue weighted by molar-refractivity contribution is 6.23. The summed E-state index contributed by atoms with van der Waals surface area (Å²) >= 11 is 0. The zero-order valence-corrected chi connectivity index (χ0v) is 10.6. The van der Waals surface area contributed by atoms with Gasteiger partial charge >= 0.3 is 0 Å². The highest BCUT2D eigenvalue weighted by Gasteiger charge is 2.52. The van der Waals surface area contributed by atoms with E-state index >= 15 is 0 Å². The summed E-state index contributed by atoms with van der Waals surface area (Å²) in [5.74, 6) is -1.12. The summed E-state index contributed by atoms with van der Waals surface area (Å²) in [7, 11) is 0. The van der Waals surface area contributed by atoms with Gasteiger partial charge in [-0.05, 0) is 30.9 Å². The fraction of sp³-hybridized carbons (Fsp3) is 0.429. The van der Waals surface area contributed by atoms with E-state index in [9.17, 15) is 14.0 Å². The number of nitrogen functional groups attached to an aromatic ring is 1. The van der Waals surface area contributed by atoms with Gasteiger partial charge in [-0.2, -0.15) is 0 Å². The van der Waals surface area contributed by atoms with Crippen molar-refractivity contribution in [1.29, 1.82) is 0 Å². The molecule has 4 nitrogen and oxygen atoms in total. The molecule has 19 heavy (non-hydrogen) atoms. The number of hydrogen-bond acceptors (Lipinski definition) is 3. The number of hydrogen-bond donors (Lipinski definition) is 1. The molecule has 1 aliphatic carbocycles. The largest absolute Gasteiger partial charge is 0.397 e. The number of anilines is 2. The molecule has 100 valence electrons. The molecule has 2 N–H and O–H groups in total. The van der Waals surface area contributed by atoms with Gasteiger partial charge in [0.1, 0.15) is 5.82 Å². The molecule has 1 saturated heterocycles. The molecule has 1 heterocycles. The van der Waals surface area contributed by atoms with Gasteiger partial charge in [0.05, 0.1) is 23.2 Å². The quantitative estimate of drug-likeness (QED) is 0.621. The van der Waals surface area contributed by atoms with Crippen LogP contribution in [0, 0.1) is 23.6 Å². The van der Waals surface area contributed by atoms with Crippen molar-refractivity contribution in [3.63, 3.8) is 0 Å². The van der Waals surface area contributed by atoms with Crippen LogP contribution in [-0.4, -0.2) is 11.8 Å². The second-order valence-electron chi connectivity index (χ2n) is 5.50. The maximum absolute atomic E-state index is 13.3. The molecule has 2 unspecified atom stereocenters. The summed E-state index contributed by atoms with van der Waals surface area (Å²) in [5, 5.41) is 0. The minimum absolute atomic E-state index is 0.178. The van der Waals surface area contributed by atoms with Crippen LogP contribution in [-0.2, 0) is 9.59 Å². The van der Waals surface area contributed by atoms with Gasteiger partial charge < -0.3 is 5.73 Å². The third kappa shape index (κ3) is 1.72. The van der Waals surface area contributed by atoms with Gasteiger partial charge in [-0.25, -0.2) is 9.29 Å². The lowest BCUT2D eigenvalue weighted by atomic mass is 10.00. The molecule has 1 aromatic carbocycles. The zero-order chi connectivity index (χ0) is 13.7. The molecule has 0 bridgehead atoms. The standard InChI is InChI=1S/C14H15FN2O2/c1-7-4-9-10(5-7)14(19)17(13(9)18)12-6-8(15)2-3-11(12)16/h2-3,6-7,9-10H,4-5,16H2,1H3. The Kier molecular flexibility index (Phi) is 2.59. The van der Waals surface area contributed by atoms with Gasteiger partial charge in [0.2, 0.25) is 11.8 Å². The molecule has 0 radical (unpaired) electrons. The number of rotatable bonds is 1. The highest BCUT2D eigenvalue weighted by Crippen LogP contribution is 2.45. The van der Waals surface area contributed by atoms with E-state index in [1.54, 1.807) is 0 Å². The SMILES string of the molecule is CC1CC2C(=O)N(c3cc(F)ccc3N)C(=O)C2C1. The Morgan fingerprint density at radius 2 is 1.79 bits per heavy atom. The monoisotopic (exact) mass is 262 g/mol. The number of benzene rings is 1. The summed E-state index contributed by atoms with van der Waals surface area (Å²) in [6.45, 7) is 2.04. The van der Waals surface area contributed by atoms with Crippen LogP contribution in [0.15, 0.2) is 18.2 Å². The highest BCUT2D eigenvalue weighted by atomic mass is 19.1. The molecule has 0 aromatic heterocycles. The van der Waals surface area contributed by atoms with E-state index in [1.165, 1.54) is 12.1 Å². The van der Waals surface area contributed by atoms with Crippen molar-refractivity contribution in [2.45, 2.75) is 19.8 Å². The number of amides is 2. The number of fused-ring (bicyclic) bond motifs is 1. The van der Waals surface area contributed by atoms with Gasteiger partial charge in [0, 0.05) is 6.07 Å². The van der Waals surface area contributed by atoms with Crippen LogP contribution in [0.1, 0.15) is 19.8 Å². The van der Waals surface area contributed by atoms with Crippen LogP contribution in [0.5, 0.6) is 0 Å². The molecule has 1 aromatic rings. The normalized spacial score (nSPS) is 30.0. The Bertz CT molecular complexity index is 549. The summed E-state index contributed by atoms with van der Waals surface area (Å²) in [6, 6.07) is 3.74. The predicted octanol–water partition coefficient (Wildman–Crippen LogP) is 1.94. The van der Waals surface area contributed by atoms with Crippen LogP contribution in [0.4, 0.5) is 15.8 Å². The van der Waals surface area contributed by atoms with Crippen LogP contribution >= 0.6 is 0 Å². The third-order valence-corrected chi connectivity index (χ3v) is 4.11. The van der Waals surface area contributed by atoms with Crippen LogP contribution in [0.2, 0.25) is 0 Å². The minimum atomic E-state index is -0.504. The molecule has 2 atom stereocenters. The van der Waals surface area contributed by atoms with E-state index < -0.39 is 5.82 Å². The zero-order valence-electron chi connectivity index (χ0n) is 10.6. The number of halogens is 1. The number of nitrogens with zero attached hydrogens (tertiary/aromatic N) is 1. The predicted molar refractivity (Wildman–Crippen MR) is 68.7 cm³/mol. The van der Waals surface area contributed by atoms with Crippen molar-refractivity contribution in [1.82, 2.24) is 0 Å². The van der Waals surface area contributed by atoms with Crippen molar-refractivity contribution >= 4 is 23.2 Å². The Morgan fingerprint density at radius 1 is 1.21 bits per heavy atom. The lowest BCUT2D eigenvalue weighted by Crippen LogP contribution is -2.32. The van der Waals surface area contributed by atoms with E-state index in [2.05, 4.69) is 0 Å². The van der Waals surface area contributed by atoms with E-state index in [1.807, 2.05) is 6.92 Å². The lowest BCUT2D eigenvalue weighted by Gasteiger charge is -2.18. The van der Waals surface area contributed by atoms with Crippen molar-refractivity contribution in [2.24, 2.45) is 17.8 Å². The molecule has 0 spiro atoms.